The third kappa shape index (κ3) is 5.03. The van der Waals surface area contributed by atoms with Gasteiger partial charge >= 0.3 is 5.97 Å². The molecule has 29 heavy (non-hydrogen) atoms. The number of morpholine rings is 1. The van der Waals surface area contributed by atoms with Gasteiger partial charge in [-0.2, -0.15) is 0 Å². The van der Waals surface area contributed by atoms with E-state index in [0.29, 0.717) is 37.0 Å². The lowest BCUT2D eigenvalue weighted by Crippen LogP contribution is -2.37. The van der Waals surface area contributed by atoms with Crippen LogP contribution in [0.1, 0.15) is 20.7 Å². The van der Waals surface area contributed by atoms with Gasteiger partial charge in [-0.15, -0.1) is 0 Å². The Morgan fingerprint density at radius 1 is 1.10 bits per heavy atom. The molecule has 0 spiro atoms. The zero-order valence-corrected chi connectivity index (χ0v) is 16.6. The van der Waals surface area contributed by atoms with Crippen LogP contribution in [0.4, 0.5) is 11.4 Å². The summed E-state index contributed by atoms with van der Waals surface area (Å²) in [5, 5.41) is 11.6. The lowest BCUT2D eigenvalue weighted by Gasteiger charge is -2.30. The summed E-state index contributed by atoms with van der Waals surface area (Å²) >= 11 is 11.7. The van der Waals surface area contributed by atoms with Gasteiger partial charge in [-0.25, -0.2) is 4.79 Å². The summed E-state index contributed by atoms with van der Waals surface area (Å²) < 4.78 is 10.4. The highest BCUT2D eigenvalue weighted by molar-refractivity contribution is 6.42. The molecule has 0 bridgehead atoms. The number of anilines is 1. The minimum Gasteiger partial charge on any atom is -0.454 e. The topological polar surface area (TPSA) is 99.0 Å². The quantitative estimate of drug-likeness (QED) is 0.292. The van der Waals surface area contributed by atoms with E-state index in [-0.39, 0.29) is 21.8 Å². The summed E-state index contributed by atoms with van der Waals surface area (Å²) in [4.78, 5) is 37.3. The van der Waals surface area contributed by atoms with Gasteiger partial charge in [-0.1, -0.05) is 23.2 Å². The third-order valence-electron chi connectivity index (χ3n) is 4.34. The number of carbonyl (C=O) groups excluding carboxylic acids is 2. The molecule has 152 valence electrons. The molecule has 0 aromatic heterocycles. The average Bonchev–Trinajstić information content (AvgIpc) is 2.73. The molecule has 10 heteroatoms. The molecule has 0 unspecified atom stereocenters. The minimum absolute atomic E-state index is 0.0167. The van der Waals surface area contributed by atoms with Crippen LogP contribution in [-0.2, 0) is 9.47 Å². The first-order valence-corrected chi connectivity index (χ1v) is 9.39. The van der Waals surface area contributed by atoms with E-state index < -0.39 is 23.3 Å². The Morgan fingerprint density at radius 2 is 1.83 bits per heavy atom. The van der Waals surface area contributed by atoms with E-state index in [0.717, 1.165) is 6.07 Å². The zero-order chi connectivity index (χ0) is 21.0. The van der Waals surface area contributed by atoms with E-state index in [9.17, 15) is 19.7 Å². The van der Waals surface area contributed by atoms with Gasteiger partial charge < -0.3 is 14.4 Å². The first-order valence-electron chi connectivity index (χ1n) is 8.63. The highest BCUT2D eigenvalue weighted by Crippen LogP contribution is 2.27. The second kappa shape index (κ2) is 9.21. The summed E-state index contributed by atoms with van der Waals surface area (Å²) in [6.07, 6.45) is 0. The summed E-state index contributed by atoms with van der Waals surface area (Å²) in [5.41, 5.74) is 0.498. The second-order valence-electron chi connectivity index (χ2n) is 6.19. The van der Waals surface area contributed by atoms with Crippen molar-refractivity contribution in [1.29, 1.82) is 0 Å². The van der Waals surface area contributed by atoms with Gasteiger partial charge in [0.15, 0.2) is 12.4 Å². The van der Waals surface area contributed by atoms with Crippen LogP contribution in [0.5, 0.6) is 0 Å². The molecule has 2 aromatic carbocycles. The second-order valence-corrected chi connectivity index (χ2v) is 7.00. The summed E-state index contributed by atoms with van der Waals surface area (Å²) in [6.45, 7) is 1.46. The van der Waals surface area contributed by atoms with Crippen molar-refractivity contribution in [2.24, 2.45) is 0 Å². The van der Waals surface area contributed by atoms with Crippen LogP contribution in [-0.4, -0.2) is 49.6 Å². The van der Waals surface area contributed by atoms with Gasteiger partial charge in [0.25, 0.3) is 5.69 Å². The molecule has 3 rings (SSSR count). The molecule has 1 saturated heterocycles. The maximum absolute atomic E-state index is 12.6. The molecule has 0 radical (unpaired) electrons. The monoisotopic (exact) mass is 438 g/mol. The molecule has 8 nitrogen and oxygen atoms in total. The summed E-state index contributed by atoms with van der Waals surface area (Å²) in [5.74, 6) is -1.31. The predicted molar refractivity (Wildman–Crippen MR) is 107 cm³/mol. The van der Waals surface area contributed by atoms with Gasteiger partial charge in [0.2, 0.25) is 0 Å². The van der Waals surface area contributed by atoms with Gasteiger partial charge in [-0.3, -0.25) is 14.9 Å². The van der Waals surface area contributed by atoms with E-state index in [1.807, 2.05) is 4.90 Å². The van der Waals surface area contributed by atoms with Crippen molar-refractivity contribution in [3.8, 4) is 0 Å². The van der Waals surface area contributed by atoms with E-state index >= 15 is 0 Å². The Morgan fingerprint density at radius 3 is 2.48 bits per heavy atom. The van der Waals surface area contributed by atoms with Crippen LogP contribution < -0.4 is 4.90 Å². The normalized spacial score (nSPS) is 13.8. The lowest BCUT2D eigenvalue weighted by molar-refractivity contribution is -0.384. The van der Waals surface area contributed by atoms with Crippen molar-refractivity contribution in [2.75, 3.05) is 37.8 Å². The first kappa shape index (κ1) is 21.0. The van der Waals surface area contributed by atoms with E-state index in [1.165, 1.54) is 30.3 Å². The van der Waals surface area contributed by atoms with Gasteiger partial charge in [0.1, 0.15) is 0 Å². The Bertz CT molecular complexity index is 960. The number of nitro benzene ring substituents is 1. The van der Waals surface area contributed by atoms with Crippen molar-refractivity contribution in [1.82, 2.24) is 0 Å². The molecule has 2 aromatic rings. The Labute approximate surface area is 176 Å². The SMILES string of the molecule is O=C(COC(=O)c1cc([N+](=O)[O-])ccc1N1CCOCC1)c1ccc(Cl)c(Cl)c1. The Kier molecular flexibility index (Phi) is 6.68. The van der Waals surface area contributed by atoms with Crippen molar-refractivity contribution >= 4 is 46.3 Å². The largest absolute Gasteiger partial charge is 0.454 e. The molecule has 1 aliphatic heterocycles. The number of rotatable bonds is 6. The highest BCUT2D eigenvalue weighted by atomic mass is 35.5. The highest BCUT2D eigenvalue weighted by Gasteiger charge is 2.23. The first-order chi connectivity index (χ1) is 13.9. The maximum atomic E-state index is 12.6. The smallest absolute Gasteiger partial charge is 0.340 e. The molecule has 0 saturated carbocycles. The molecular weight excluding hydrogens is 423 g/mol. The summed E-state index contributed by atoms with van der Waals surface area (Å²) in [6, 6.07) is 8.29. The molecule has 1 aliphatic rings. The number of hydrogen-bond donors (Lipinski definition) is 0. The molecule has 0 aliphatic carbocycles. The zero-order valence-electron chi connectivity index (χ0n) is 15.1. The van der Waals surface area contributed by atoms with Crippen molar-refractivity contribution in [3.05, 3.63) is 67.7 Å². The predicted octanol–water partition coefficient (Wildman–Crippen LogP) is 3.78. The average molecular weight is 439 g/mol. The fourth-order valence-electron chi connectivity index (χ4n) is 2.84. The van der Waals surface area contributed by atoms with Gasteiger partial charge in [0, 0.05) is 30.8 Å². The number of nitro groups is 1. The van der Waals surface area contributed by atoms with Crippen LogP contribution >= 0.6 is 23.2 Å². The fraction of sp³-hybridized carbons (Fsp3) is 0.263. The number of nitrogens with zero attached hydrogens (tertiary/aromatic N) is 2. The molecule has 1 heterocycles. The van der Waals surface area contributed by atoms with Crippen molar-refractivity contribution in [3.63, 3.8) is 0 Å². The fourth-order valence-corrected chi connectivity index (χ4v) is 3.14. The number of Topliss-reactive ketones (excluding diaryl/α,β-unsaturated/α-hetero) is 1. The number of carbonyl (C=O) groups is 2. The standard InChI is InChI=1S/C19H16Cl2N2O6/c20-15-3-1-12(9-16(15)21)18(24)11-29-19(25)14-10-13(23(26)27)2-4-17(14)22-5-7-28-8-6-22/h1-4,9-10H,5-8,11H2. The van der Waals surface area contributed by atoms with Gasteiger partial charge in [0.05, 0.1) is 39.4 Å². The minimum atomic E-state index is -0.830. The number of non-ortho nitro benzene ring substituents is 1. The number of ketones is 1. The van der Waals surface area contributed by atoms with E-state index in [4.69, 9.17) is 32.7 Å². The van der Waals surface area contributed by atoms with E-state index in [1.54, 1.807) is 0 Å². The molecule has 1 fully saturated rings. The Balaban J connectivity index is 1.79. The van der Waals surface area contributed by atoms with Crippen LogP contribution in [0.2, 0.25) is 10.0 Å². The van der Waals surface area contributed by atoms with Crippen LogP contribution in [0.3, 0.4) is 0 Å². The van der Waals surface area contributed by atoms with Crippen LogP contribution in [0.25, 0.3) is 0 Å². The van der Waals surface area contributed by atoms with Crippen molar-refractivity contribution in [2.45, 2.75) is 0 Å². The number of ether oxygens (including phenoxy) is 2. The molecule has 0 N–H and O–H groups in total. The van der Waals surface area contributed by atoms with Crippen molar-refractivity contribution < 1.29 is 24.0 Å². The Hall–Kier alpha value is -2.68. The number of hydrogen-bond acceptors (Lipinski definition) is 7. The van der Waals surface area contributed by atoms with Crippen LogP contribution in [0.15, 0.2) is 36.4 Å². The van der Waals surface area contributed by atoms with Gasteiger partial charge in [-0.05, 0) is 24.3 Å². The third-order valence-corrected chi connectivity index (χ3v) is 5.08. The lowest BCUT2D eigenvalue weighted by atomic mass is 10.1. The molecule has 0 atom stereocenters. The number of esters is 1. The maximum Gasteiger partial charge on any atom is 0.340 e. The number of halogens is 2. The number of benzene rings is 2. The molecule has 0 amide bonds. The van der Waals surface area contributed by atoms with E-state index in [2.05, 4.69) is 0 Å². The molecular formula is C19H16Cl2N2O6. The summed E-state index contributed by atoms with van der Waals surface area (Å²) in [7, 11) is 0. The van der Waals surface area contributed by atoms with Crippen LogP contribution in [0, 0.1) is 10.1 Å².